The first-order valence-electron chi connectivity index (χ1n) is 6.52. The van der Waals surface area contributed by atoms with Gasteiger partial charge in [-0.3, -0.25) is 4.98 Å². The predicted octanol–water partition coefficient (Wildman–Crippen LogP) is 1.81. The van der Waals surface area contributed by atoms with Crippen LogP contribution in [0.1, 0.15) is 25.0 Å². The van der Waals surface area contributed by atoms with Crippen molar-refractivity contribution in [2.75, 3.05) is 26.8 Å². The summed E-state index contributed by atoms with van der Waals surface area (Å²) in [4.78, 5) is 8.30. The molecule has 0 aliphatic carbocycles. The summed E-state index contributed by atoms with van der Waals surface area (Å²) in [5.41, 5.74) is 0.766. The van der Waals surface area contributed by atoms with Crippen LogP contribution < -0.4 is 10.1 Å². The van der Waals surface area contributed by atoms with Crippen LogP contribution in [0.4, 0.5) is 0 Å². The van der Waals surface area contributed by atoms with E-state index in [2.05, 4.69) is 15.3 Å². The van der Waals surface area contributed by atoms with Gasteiger partial charge in [0.2, 0.25) is 5.88 Å². The number of ether oxygens (including phenoxy) is 2. The first-order chi connectivity index (χ1) is 8.90. The highest BCUT2D eigenvalue weighted by Gasteiger charge is 2.12. The van der Waals surface area contributed by atoms with Crippen molar-refractivity contribution in [3.8, 4) is 5.88 Å². The Morgan fingerprint density at radius 2 is 2.21 bits per heavy atom. The summed E-state index contributed by atoms with van der Waals surface area (Å²) >= 11 is 0. The fourth-order valence-electron chi connectivity index (χ4n) is 2.21. The second-order valence-corrected chi connectivity index (χ2v) is 4.57. The molecule has 0 spiro atoms. The lowest BCUT2D eigenvalue weighted by atomic mass is 9.97. The second-order valence-electron chi connectivity index (χ2n) is 4.57. The number of piperidine rings is 1. The zero-order valence-electron chi connectivity index (χ0n) is 11.3. The molecule has 6 heteroatoms. The summed E-state index contributed by atoms with van der Waals surface area (Å²) < 4.78 is 10.8. The molecule has 2 rings (SSSR count). The molecule has 0 aromatic carbocycles. The van der Waals surface area contributed by atoms with Crippen LogP contribution in [0, 0.1) is 5.92 Å². The molecule has 1 unspecified atom stereocenters. The van der Waals surface area contributed by atoms with E-state index < -0.39 is 0 Å². The van der Waals surface area contributed by atoms with Crippen LogP contribution in [0.15, 0.2) is 12.4 Å². The molecule has 0 radical (unpaired) electrons. The van der Waals surface area contributed by atoms with Gasteiger partial charge >= 0.3 is 0 Å². The van der Waals surface area contributed by atoms with Crippen LogP contribution in [-0.4, -0.2) is 36.8 Å². The van der Waals surface area contributed by atoms with E-state index >= 15 is 0 Å². The van der Waals surface area contributed by atoms with E-state index in [4.69, 9.17) is 9.47 Å². The molecular weight excluding hydrogens is 266 g/mol. The summed E-state index contributed by atoms with van der Waals surface area (Å²) in [6.07, 6.45) is 6.98. The molecule has 1 aliphatic heterocycles. The lowest BCUT2D eigenvalue weighted by molar-refractivity contribution is 0.0989. The molecule has 0 saturated carbocycles. The minimum atomic E-state index is 0. The van der Waals surface area contributed by atoms with Gasteiger partial charge in [0.15, 0.2) is 0 Å². The molecule has 1 saturated heterocycles. The smallest absolute Gasteiger partial charge is 0.237 e. The largest absolute Gasteiger partial charge is 0.480 e. The summed E-state index contributed by atoms with van der Waals surface area (Å²) in [7, 11) is 1.60. The van der Waals surface area contributed by atoms with E-state index in [0.29, 0.717) is 12.5 Å². The number of aromatic nitrogens is 2. The summed E-state index contributed by atoms with van der Waals surface area (Å²) in [6, 6.07) is 0. The third-order valence-corrected chi connectivity index (χ3v) is 3.24. The lowest BCUT2D eigenvalue weighted by Gasteiger charge is -2.22. The van der Waals surface area contributed by atoms with E-state index in [1.807, 2.05) is 0 Å². The van der Waals surface area contributed by atoms with Crippen molar-refractivity contribution in [3.05, 3.63) is 18.1 Å². The van der Waals surface area contributed by atoms with Gasteiger partial charge in [0.05, 0.1) is 13.7 Å². The van der Waals surface area contributed by atoms with Gasteiger partial charge in [0, 0.05) is 19.0 Å². The average Bonchev–Trinajstić information content (AvgIpc) is 2.45. The van der Waals surface area contributed by atoms with Crippen LogP contribution in [-0.2, 0) is 11.3 Å². The summed E-state index contributed by atoms with van der Waals surface area (Å²) in [6.45, 7) is 3.52. The van der Waals surface area contributed by atoms with Crippen molar-refractivity contribution < 1.29 is 9.47 Å². The Morgan fingerprint density at radius 3 is 2.95 bits per heavy atom. The maximum absolute atomic E-state index is 5.65. The van der Waals surface area contributed by atoms with Crippen LogP contribution in [0.25, 0.3) is 0 Å². The van der Waals surface area contributed by atoms with Crippen molar-refractivity contribution in [1.29, 1.82) is 0 Å². The van der Waals surface area contributed by atoms with Gasteiger partial charge in [-0.1, -0.05) is 0 Å². The highest BCUT2D eigenvalue weighted by molar-refractivity contribution is 5.85. The molecule has 5 nitrogen and oxygen atoms in total. The van der Waals surface area contributed by atoms with Crippen LogP contribution in [0.3, 0.4) is 0 Å². The highest BCUT2D eigenvalue weighted by atomic mass is 35.5. The minimum absolute atomic E-state index is 0. The SMILES string of the molecule is COc1nccnc1COCCC1CCCNC1.Cl. The van der Waals surface area contributed by atoms with Gasteiger partial charge in [-0.2, -0.15) is 0 Å². The zero-order valence-corrected chi connectivity index (χ0v) is 12.1. The topological polar surface area (TPSA) is 56.3 Å². The number of hydrogen-bond donors (Lipinski definition) is 1. The fraction of sp³-hybridized carbons (Fsp3) is 0.692. The molecular formula is C13H22ClN3O2. The Morgan fingerprint density at radius 1 is 1.37 bits per heavy atom. The van der Waals surface area contributed by atoms with Gasteiger partial charge in [-0.05, 0) is 38.3 Å². The van der Waals surface area contributed by atoms with Crippen LogP contribution in [0.2, 0.25) is 0 Å². The normalized spacial score (nSPS) is 18.7. The molecule has 0 amide bonds. The molecule has 0 bridgehead atoms. The van der Waals surface area contributed by atoms with Crippen molar-refractivity contribution in [2.45, 2.75) is 25.9 Å². The Labute approximate surface area is 120 Å². The quantitative estimate of drug-likeness (QED) is 0.809. The van der Waals surface area contributed by atoms with E-state index in [1.165, 1.54) is 12.8 Å². The Kier molecular flexibility index (Phi) is 7.70. The maximum atomic E-state index is 5.65. The predicted molar refractivity (Wildman–Crippen MR) is 75.7 cm³/mol. The van der Waals surface area contributed by atoms with Gasteiger partial charge < -0.3 is 14.8 Å². The van der Waals surface area contributed by atoms with E-state index in [9.17, 15) is 0 Å². The molecule has 2 heterocycles. The van der Waals surface area contributed by atoms with Crippen molar-refractivity contribution in [3.63, 3.8) is 0 Å². The Balaban J connectivity index is 0.00000180. The number of halogens is 1. The van der Waals surface area contributed by atoms with Gasteiger partial charge in [0.25, 0.3) is 0 Å². The maximum Gasteiger partial charge on any atom is 0.237 e. The highest BCUT2D eigenvalue weighted by Crippen LogP contribution is 2.15. The monoisotopic (exact) mass is 287 g/mol. The standard InChI is InChI=1S/C13H21N3O2.ClH/c1-17-13-12(15-6-7-16-13)10-18-8-4-11-3-2-5-14-9-11;/h6-7,11,14H,2-5,8-10H2,1H3;1H. The van der Waals surface area contributed by atoms with Crippen LogP contribution in [0.5, 0.6) is 5.88 Å². The molecule has 1 fully saturated rings. The number of hydrogen-bond acceptors (Lipinski definition) is 5. The minimum Gasteiger partial charge on any atom is -0.480 e. The third kappa shape index (κ3) is 5.30. The fourth-order valence-corrected chi connectivity index (χ4v) is 2.21. The van der Waals surface area contributed by atoms with E-state index in [-0.39, 0.29) is 12.4 Å². The second kappa shape index (κ2) is 9.07. The number of nitrogens with zero attached hydrogens (tertiary/aromatic N) is 2. The first-order valence-corrected chi connectivity index (χ1v) is 6.52. The number of nitrogens with one attached hydrogen (secondary N) is 1. The lowest BCUT2D eigenvalue weighted by Crippen LogP contribution is -2.30. The van der Waals surface area contributed by atoms with Crippen molar-refractivity contribution in [2.24, 2.45) is 5.92 Å². The number of methoxy groups -OCH3 is 1. The van der Waals surface area contributed by atoms with Gasteiger partial charge in [0.1, 0.15) is 5.69 Å². The molecule has 1 aliphatic rings. The van der Waals surface area contributed by atoms with E-state index in [0.717, 1.165) is 37.7 Å². The van der Waals surface area contributed by atoms with Crippen molar-refractivity contribution >= 4 is 12.4 Å². The zero-order chi connectivity index (χ0) is 12.6. The van der Waals surface area contributed by atoms with Gasteiger partial charge in [-0.25, -0.2) is 4.98 Å². The molecule has 108 valence electrons. The summed E-state index contributed by atoms with van der Waals surface area (Å²) in [5, 5.41) is 3.41. The Hall–Kier alpha value is -0.910. The molecule has 1 aromatic heterocycles. The van der Waals surface area contributed by atoms with E-state index in [1.54, 1.807) is 19.5 Å². The third-order valence-electron chi connectivity index (χ3n) is 3.24. The molecule has 1 aromatic rings. The van der Waals surface area contributed by atoms with Gasteiger partial charge in [-0.15, -0.1) is 12.4 Å². The summed E-state index contributed by atoms with van der Waals surface area (Å²) in [5.74, 6) is 1.30. The molecule has 1 N–H and O–H groups in total. The average molecular weight is 288 g/mol. The van der Waals surface area contributed by atoms with Crippen molar-refractivity contribution in [1.82, 2.24) is 15.3 Å². The number of rotatable bonds is 6. The first kappa shape index (κ1) is 16.1. The van der Waals surface area contributed by atoms with Crippen LogP contribution >= 0.6 is 12.4 Å². The molecule has 19 heavy (non-hydrogen) atoms. The molecule has 1 atom stereocenters. The Bertz CT molecular complexity index is 359.